The molecular formula is C24H26N2O4S. The summed E-state index contributed by atoms with van der Waals surface area (Å²) in [5.74, 6) is 0.157. The maximum Gasteiger partial charge on any atom is 0.261 e. The van der Waals surface area contributed by atoms with Gasteiger partial charge in [-0.2, -0.15) is 0 Å². The first-order valence-electron chi connectivity index (χ1n) is 9.88. The summed E-state index contributed by atoms with van der Waals surface area (Å²) in [5, 5.41) is 2.79. The Balaban J connectivity index is 1.55. The van der Waals surface area contributed by atoms with E-state index in [4.69, 9.17) is 4.74 Å². The van der Waals surface area contributed by atoms with E-state index in [1.165, 1.54) is 24.3 Å². The minimum Gasteiger partial charge on any atom is -0.484 e. The number of nitrogens with one attached hydrogen (secondary N) is 2. The number of aryl methyl sites for hydroxylation is 3. The molecule has 3 rings (SSSR count). The highest BCUT2D eigenvalue weighted by molar-refractivity contribution is 7.92. The summed E-state index contributed by atoms with van der Waals surface area (Å²) in [4.78, 5) is 12.1. The van der Waals surface area contributed by atoms with Gasteiger partial charge in [-0.15, -0.1) is 0 Å². The largest absolute Gasteiger partial charge is 0.484 e. The summed E-state index contributed by atoms with van der Waals surface area (Å²) in [6.45, 7) is 6.02. The van der Waals surface area contributed by atoms with Gasteiger partial charge in [0.1, 0.15) is 5.75 Å². The zero-order valence-electron chi connectivity index (χ0n) is 17.8. The number of ether oxygens (including phenoxy) is 1. The van der Waals surface area contributed by atoms with Gasteiger partial charge in [0.25, 0.3) is 15.9 Å². The quantitative estimate of drug-likeness (QED) is 0.554. The minimum atomic E-state index is -3.73. The van der Waals surface area contributed by atoms with Crippen molar-refractivity contribution in [1.82, 2.24) is 5.32 Å². The second-order valence-corrected chi connectivity index (χ2v) is 9.13. The predicted octanol–water partition coefficient (Wildman–Crippen LogP) is 4.11. The van der Waals surface area contributed by atoms with Gasteiger partial charge in [-0.05, 0) is 67.8 Å². The first kappa shape index (κ1) is 22.4. The fraction of sp³-hybridized carbons (Fsp3) is 0.208. The van der Waals surface area contributed by atoms with Crippen LogP contribution in [0.4, 0.5) is 5.69 Å². The standard InChI is InChI=1S/C24H26N2O4S/c1-17-5-8-20(9-6-17)15-25-24(27)16-30-21-10-12-22(13-11-21)31(28,29)26-23-14-18(2)4-7-19(23)3/h4-14,26H,15-16H2,1-3H3,(H,25,27). The Morgan fingerprint density at radius 2 is 1.52 bits per heavy atom. The van der Waals surface area contributed by atoms with E-state index in [2.05, 4.69) is 10.0 Å². The number of benzene rings is 3. The first-order valence-corrected chi connectivity index (χ1v) is 11.4. The summed E-state index contributed by atoms with van der Waals surface area (Å²) in [7, 11) is -3.73. The molecule has 0 saturated carbocycles. The lowest BCUT2D eigenvalue weighted by Gasteiger charge is -2.12. The molecule has 0 fully saturated rings. The fourth-order valence-corrected chi connectivity index (χ4v) is 3.99. The Labute approximate surface area is 183 Å². The van der Waals surface area contributed by atoms with Crippen LogP contribution in [0.1, 0.15) is 22.3 Å². The van der Waals surface area contributed by atoms with Gasteiger partial charge >= 0.3 is 0 Å². The molecule has 0 heterocycles. The van der Waals surface area contributed by atoms with Crippen molar-refractivity contribution in [2.75, 3.05) is 11.3 Å². The maximum atomic E-state index is 12.7. The Kier molecular flexibility index (Phi) is 6.97. The van der Waals surface area contributed by atoms with E-state index in [-0.39, 0.29) is 17.4 Å². The third-order valence-electron chi connectivity index (χ3n) is 4.75. The van der Waals surface area contributed by atoms with Crippen LogP contribution in [0.3, 0.4) is 0 Å². The molecule has 0 spiro atoms. The van der Waals surface area contributed by atoms with E-state index in [9.17, 15) is 13.2 Å². The zero-order valence-corrected chi connectivity index (χ0v) is 18.6. The molecule has 3 aromatic rings. The van der Waals surface area contributed by atoms with Crippen molar-refractivity contribution in [2.24, 2.45) is 0 Å². The van der Waals surface area contributed by atoms with Crippen molar-refractivity contribution in [3.8, 4) is 5.75 Å². The van der Waals surface area contributed by atoms with Crippen LogP contribution in [0, 0.1) is 20.8 Å². The van der Waals surface area contributed by atoms with Gasteiger partial charge in [-0.1, -0.05) is 42.0 Å². The summed E-state index contributed by atoms with van der Waals surface area (Å²) >= 11 is 0. The summed E-state index contributed by atoms with van der Waals surface area (Å²) in [6, 6.07) is 19.5. The molecule has 7 heteroatoms. The molecule has 0 radical (unpaired) electrons. The van der Waals surface area contributed by atoms with E-state index in [0.717, 1.165) is 22.3 Å². The lowest BCUT2D eigenvalue weighted by atomic mass is 10.1. The number of carbonyl (C=O) groups excluding carboxylic acids is 1. The molecule has 0 atom stereocenters. The number of hydrogen-bond acceptors (Lipinski definition) is 4. The number of sulfonamides is 1. The van der Waals surface area contributed by atoms with Crippen LogP contribution in [-0.4, -0.2) is 20.9 Å². The highest BCUT2D eigenvalue weighted by Gasteiger charge is 2.15. The molecule has 0 aliphatic heterocycles. The van der Waals surface area contributed by atoms with Crippen molar-refractivity contribution in [1.29, 1.82) is 0 Å². The van der Waals surface area contributed by atoms with Gasteiger partial charge < -0.3 is 10.1 Å². The molecule has 0 unspecified atom stereocenters. The van der Waals surface area contributed by atoms with Gasteiger partial charge in [0, 0.05) is 6.54 Å². The summed E-state index contributed by atoms with van der Waals surface area (Å²) in [6.07, 6.45) is 0. The summed E-state index contributed by atoms with van der Waals surface area (Å²) < 4.78 is 33.4. The number of carbonyl (C=O) groups is 1. The molecule has 0 saturated heterocycles. The van der Waals surface area contributed by atoms with Crippen molar-refractivity contribution >= 4 is 21.6 Å². The average molecular weight is 439 g/mol. The van der Waals surface area contributed by atoms with E-state index in [1.807, 2.05) is 57.2 Å². The Morgan fingerprint density at radius 1 is 0.871 bits per heavy atom. The predicted molar refractivity (Wildman–Crippen MR) is 122 cm³/mol. The third-order valence-corrected chi connectivity index (χ3v) is 6.13. The second-order valence-electron chi connectivity index (χ2n) is 7.45. The monoisotopic (exact) mass is 438 g/mol. The lowest BCUT2D eigenvalue weighted by molar-refractivity contribution is -0.123. The van der Waals surface area contributed by atoms with Gasteiger partial charge in [0.05, 0.1) is 10.6 Å². The van der Waals surface area contributed by atoms with Crippen LogP contribution in [0.5, 0.6) is 5.75 Å². The van der Waals surface area contributed by atoms with E-state index in [0.29, 0.717) is 18.0 Å². The molecular weight excluding hydrogens is 412 g/mol. The van der Waals surface area contributed by atoms with Crippen LogP contribution in [0.15, 0.2) is 71.6 Å². The van der Waals surface area contributed by atoms with Crippen LogP contribution in [-0.2, 0) is 21.4 Å². The Hall–Kier alpha value is -3.32. The fourth-order valence-electron chi connectivity index (χ4n) is 2.87. The number of amides is 1. The molecule has 3 aromatic carbocycles. The molecule has 0 aliphatic rings. The van der Waals surface area contributed by atoms with Crippen molar-refractivity contribution in [3.05, 3.63) is 89.0 Å². The molecule has 6 nitrogen and oxygen atoms in total. The smallest absolute Gasteiger partial charge is 0.261 e. The molecule has 0 bridgehead atoms. The maximum absolute atomic E-state index is 12.7. The normalized spacial score (nSPS) is 11.1. The average Bonchev–Trinajstić information content (AvgIpc) is 2.74. The van der Waals surface area contributed by atoms with E-state index in [1.54, 1.807) is 6.07 Å². The van der Waals surface area contributed by atoms with Crippen LogP contribution in [0.25, 0.3) is 0 Å². The molecule has 1 amide bonds. The molecule has 31 heavy (non-hydrogen) atoms. The summed E-state index contributed by atoms with van der Waals surface area (Å²) in [5.41, 5.74) is 4.52. The van der Waals surface area contributed by atoms with Gasteiger partial charge in [-0.3, -0.25) is 9.52 Å². The van der Waals surface area contributed by atoms with Crippen molar-refractivity contribution in [3.63, 3.8) is 0 Å². The second kappa shape index (κ2) is 9.66. The molecule has 162 valence electrons. The van der Waals surface area contributed by atoms with E-state index >= 15 is 0 Å². The highest BCUT2D eigenvalue weighted by Crippen LogP contribution is 2.22. The lowest BCUT2D eigenvalue weighted by Crippen LogP contribution is -2.28. The third kappa shape index (κ3) is 6.33. The molecule has 2 N–H and O–H groups in total. The molecule has 0 aromatic heterocycles. The van der Waals surface area contributed by atoms with Gasteiger partial charge in [0.2, 0.25) is 0 Å². The number of rotatable bonds is 8. The van der Waals surface area contributed by atoms with Gasteiger partial charge in [-0.25, -0.2) is 8.42 Å². The van der Waals surface area contributed by atoms with Crippen LogP contribution >= 0.6 is 0 Å². The number of hydrogen-bond donors (Lipinski definition) is 2. The van der Waals surface area contributed by atoms with Gasteiger partial charge in [0.15, 0.2) is 6.61 Å². The topological polar surface area (TPSA) is 84.5 Å². The van der Waals surface area contributed by atoms with Crippen molar-refractivity contribution in [2.45, 2.75) is 32.2 Å². The van der Waals surface area contributed by atoms with Crippen LogP contribution < -0.4 is 14.8 Å². The highest BCUT2D eigenvalue weighted by atomic mass is 32.2. The SMILES string of the molecule is Cc1ccc(CNC(=O)COc2ccc(S(=O)(=O)Nc3cc(C)ccc3C)cc2)cc1. The first-order chi connectivity index (χ1) is 14.7. The van der Waals surface area contributed by atoms with Crippen LogP contribution in [0.2, 0.25) is 0 Å². The number of anilines is 1. The minimum absolute atomic E-state index is 0.115. The molecule has 0 aliphatic carbocycles. The Morgan fingerprint density at radius 3 is 2.19 bits per heavy atom. The zero-order chi connectivity index (χ0) is 22.4. The Bertz CT molecular complexity index is 1160. The van der Waals surface area contributed by atoms with E-state index < -0.39 is 10.0 Å². The van der Waals surface area contributed by atoms with Crippen molar-refractivity contribution < 1.29 is 17.9 Å².